The molecule has 0 aliphatic carbocycles. The Kier molecular flexibility index (Phi) is 3.71. The number of carbonyl (C=O) groups excluding carboxylic acids is 1. The lowest BCUT2D eigenvalue weighted by molar-refractivity contribution is -0.122. The molecule has 0 spiro atoms. The van der Waals surface area contributed by atoms with E-state index >= 15 is 0 Å². The molecule has 0 amide bonds. The van der Waals surface area contributed by atoms with Crippen molar-refractivity contribution >= 4 is 17.1 Å². The molecule has 4 heteroatoms. The van der Waals surface area contributed by atoms with Crippen molar-refractivity contribution < 1.29 is 4.79 Å². The highest BCUT2D eigenvalue weighted by atomic mass is 32.1. The zero-order valence-electron chi connectivity index (χ0n) is 9.88. The van der Waals surface area contributed by atoms with Gasteiger partial charge in [-0.25, -0.2) is 4.98 Å². The Labute approximate surface area is 100 Å². The number of carbonyl (C=O) groups is 1. The van der Waals surface area contributed by atoms with Gasteiger partial charge in [-0.1, -0.05) is 0 Å². The van der Waals surface area contributed by atoms with E-state index in [-0.39, 0.29) is 5.92 Å². The molecule has 1 aromatic heterocycles. The van der Waals surface area contributed by atoms with Crippen LogP contribution in [0.15, 0.2) is 0 Å². The standard InChI is InChI=1S/C12H18N2OS/c1-8-9(2)16-12(14-8)7-11(15)10-3-5-13-6-4-10/h10,13H,3-7H2,1-2H3. The van der Waals surface area contributed by atoms with Gasteiger partial charge in [0.15, 0.2) is 0 Å². The zero-order chi connectivity index (χ0) is 11.5. The third-order valence-corrected chi connectivity index (χ3v) is 4.27. The molecule has 1 aliphatic rings. The minimum absolute atomic E-state index is 0.255. The van der Waals surface area contributed by atoms with Crippen molar-refractivity contribution in [1.82, 2.24) is 10.3 Å². The first kappa shape index (κ1) is 11.7. The summed E-state index contributed by atoms with van der Waals surface area (Å²) in [5.74, 6) is 0.626. The number of hydrogen-bond acceptors (Lipinski definition) is 4. The van der Waals surface area contributed by atoms with Gasteiger partial charge in [-0.3, -0.25) is 4.79 Å². The summed E-state index contributed by atoms with van der Waals surface area (Å²) in [5.41, 5.74) is 1.07. The molecule has 0 bridgehead atoms. The van der Waals surface area contributed by atoms with E-state index in [1.54, 1.807) is 11.3 Å². The fraction of sp³-hybridized carbons (Fsp3) is 0.667. The fourth-order valence-corrected chi connectivity index (χ4v) is 3.00. The maximum atomic E-state index is 12.0. The lowest BCUT2D eigenvalue weighted by Crippen LogP contribution is -2.32. The van der Waals surface area contributed by atoms with Crippen LogP contribution in [0, 0.1) is 19.8 Å². The first-order chi connectivity index (χ1) is 7.66. The van der Waals surface area contributed by atoms with Crippen LogP contribution in [0.2, 0.25) is 0 Å². The Morgan fingerprint density at radius 3 is 2.69 bits per heavy atom. The highest BCUT2D eigenvalue weighted by Gasteiger charge is 2.21. The van der Waals surface area contributed by atoms with Gasteiger partial charge in [0, 0.05) is 10.8 Å². The van der Waals surface area contributed by atoms with Gasteiger partial charge in [0.05, 0.1) is 12.1 Å². The van der Waals surface area contributed by atoms with Gasteiger partial charge in [0.1, 0.15) is 10.8 Å². The molecule has 2 rings (SSSR count). The van der Waals surface area contributed by atoms with Gasteiger partial charge < -0.3 is 5.32 Å². The van der Waals surface area contributed by atoms with Crippen molar-refractivity contribution in [3.63, 3.8) is 0 Å². The number of ketones is 1. The maximum Gasteiger partial charge on any atom is 0.142 e. The third kappa shape index (κ3) is 2.68. The molecule has 1 saturated heterocycles. The topological polar surface area (TPSA) is 42.0 Å². The molecule has 2 heterocycles. The van der Waals surface area contributed by atoms with Gasteiger partial charge in [0.25, 0.3) is 0 Å². The van der Waals surface area contributed by atoms with Crippen molar-refractivity contribution in [2.24, 2.45) is 5.92 Å². The molecule has 1 N–H and O–H groups in total. The van der Waals surface area contributed by atoms with Gasteiger partial charge >= 0.3 is 0 Å². The molecule has 0 saturated carbocycles. The zero-order valence-corrected chi connectivity index (χ0v) is 10.7. The molecule has 88 valence electrons. The molecule has 16 heavy (non-hydrogen) atoms. The van der Waals surface area contributed by atoms with Crippen LogP contribution in [-0.4, -0.2) is 23.9 Å². The number of hydrogen-bond donors (Lipinski definition) is 1. The number of piperidine rings is 1. The molecule has 1 aromatic rings. The minimum Gasteiger partial charge on any atom is -0.317 e. The second-order valence-corrected chi connectivity index (χ2v) is 5.70. The van der Waals surface area contributed by atoms with Crippen molar-refractivity contribution in [2.45, 2.75) is 33.1 Å². The number of Topliss-reactive ketones (excluding diaryl/α,β-unsaturated/α-hetero) is 1. The average Bonchev–Trinajstić information content (AvgIpc) is 2.59. The van der Waals surface area contributed by atoms with Crippen molar-refractivity contribution in [1.29, 1.82) is 0 Å². The molecule has 1 fully saturated rings. The van der Waals surface area contributed by atoms with E-state index in [0.29, 0.717) is 12.2 Å². The Bertz CT molecular complexity index is 361. The highest BCUT2D eigenvalue weighted by Crippen LogP contribution is 2.20. The first-order valence-corrected chi connectivity index (χ1v) is 6.65. The van der Waals surface area contributed by atoms with Crippen molar-refractivity contribution in [3.8, 4) is 0 Å². The van der Waals surface area contributed by atoms with Crippen LogP contribution in [0.4, 0.5) is 0 Å². The SMILES string of the molecule is Cc1nc(CC(=O)C2CCNCC2)sc1C. The number of aromatic nitrogens is 1. The molecule has 3 nitrogen and oxygen atoms in total. The molecule has 0 unspecified atom stereocenters. The van der Waals surface area contributed by atoms with Crippen LogP contribution in [0.25, 0.3) is 0 Å². The number of thiazole rings is 1. The van der Waals surface area contributed by atoms with E-state index in [9.17, 15) is 4.79 Å². The minimum atomic E-state index is 0.255. The summed E-state index contributed by atoms with van der Waals surface area (Å²) in [6.45, 7) is 6.02. The predicted octanol–water partition coefficient (Wildman–Crippen LogP) is 1.87. The summed E-state index contributed by atoms with van der Waals surface area (Å²) >= 11 is 1.66. The van der Waals surface area contributed by atoms with Crippen LogP contribution in [0.5, 0.6) is 0 Å². The van der Waals surface area contributed by atoms with Crippen molar-refractivity contribution in [2.75, 3.05) is 13.1 Å². The van der Waals surface area contributed by atoms with Gasteiger partial charge in [-0.15, -0.1) is 11.3 Å². The lowest BCUT2D eigenvalue weighted by atomic mass is 9.92. The van der Waals surface area contributed by atoms with E-state index in [1.165, 1.54) is 4.88 Å². The third-order valence-electron chi connectivity index (χ3n) is 3.19. The number of aryl methyl sites for hydroxylation is 2. The van der Waals surface area contributed by atoms with Gasteiger partial charge in [-0.2, -0.15) is 0 Å². The Hall–Kier alpha value is -0.740. The monoisotopic (exact) mass is 238 g/mol. The van der Waals surface area contributed by atoms with E-state index < -0.39 is 0 Å². The normalized spacial score (nSPS) is 17.6. The Morgan fingerprint density at radius 1 is 1.44 bits per heavy atom. The van der Waals surface area contributed by atoms with Gasteiger partial charge in [0.2, 0.25) is 0 Å². The van der Waals surface area contributed by atoms with E-state index in [2.05, 4.69) is 17.2 Å². The summed E-state index contributed by atoms with van der Waals surface area (Å²) in [5, 5.41) is 4.27. The number of nitrogens with zero attached hydrogens (tertiary/aromatic N) is 1. The summed E-state index contributed by atoms with van der Waals surface area (Å²) in [4.78, 5) is 17.7. The molecule has 0 atom stereocenters. The van der Waals surface area contributed by atoms with Crippen LogP contribution < -0.4 is 5.32 Å². The smallest absolute Gasteiger partial charge is 0.142 e. The molecule has 0 radical (unpaired) electrons. The average molecular weight is 238 g/mol. The Morgan fingerprint density at radius 2 is 2.12 bits per heavy atom. The van der Waals surface area contributed by atoms with Crippen LogP contribution in [0.1, 0.15) is 28.4 Å². The molecular formula is C12H18N2OS. The second kappa shape index (κ2) is 5.06. The van der Waals surface area contributed by atoms with E-state index in [4.69, 9.17) is 0 Å². The highest BCUT2D eigenvalue weighted by molar-refractivity contribution is 7.11. The van der Waals surface area contributed by atoms with Crippen LogP contribution in [0.3, 0.4) is 0 Å². The lowest BCUT2D eigenvalue weighted by Gasteiger charge is -2.20. The number of rotatable bonds is 3. The first-order valence-electron chi connectivity index (χ1n) is 5.83. The summed E-state index contributed by atoms with van der Waals surface area (Å²) < 4.78 is 0. The summed E-state index contributed by atoms with van der Waals surface area (Å²) in [6, 6.07) is 0. The molecule has 1 aliphatic heterocycles. The van der Waals surface area contributed by atoms with Crippen LogP contribution in [-0.2, 0) is 11.2 Å². The van der Waals surface area contributed by atoms with Gasteiger partial charge in [-0.05, 0) is 39.8 Å². The van der Waals surface area contributed by atoms with Crippen molar-refractivity contribution in [3.05, 3.63) is 15.6 Å². The van der Waals surface area contributed by atoms with E-state index in [1.807, 2.05) is 6.92 Å². The summed E-state index contributed by atoms with van der Waals surface area (Å²) in [6.07, 6.45) is 2.51. The molecule has 0 aromatic carbocycles. The molecular weight excluding hydrogens is 220 g/mol. The quantitative estimate of drug-likeness (QED) is 0.874. The predicted molar refractivity (Wildman–Crippen MR) is 65.9 cm³/mol. The largest absolute Gasteiger partial charge is 0.317 e. The van der Waals surface area contributed by atoms with E-state index in [0.717, 1.165) is 36.6 Å². The van der Waals surface area contributed by atoms with Crippen LogP contribution >= 0.6 is 11.3 Å². The number of nitrogens with one attached hydrogen (secondary N) is 1. The fourth-order valence-electron chi connectivity index (χ4n) is 2.05. The summed E-state index contributed by atoms with van der Waals surface area (Å²) in [7, 11) is 0. The second-order valence-electron chi connectivity index (χ2n) is 4.42. The Balaban J connectivity index is 1.95. The maximum absolute atomic E-state index is 12.0.